The molecule has 2 aliphatic heterocycles. The Morgan fingerprint density at radius 2 is 1.94 bits per heavy atom. The average molecular weight is 492 g/mol. The summed E-state index contributed by atoms with van der Waals surface area (Å²) in [6.45, 7) is 12.9. The van der Waals surface area contributed by atoms with Crippen LogP contribution < -0.4 is 4.90 Å². The first kappa shape index (κ1) is 27.2. The van der Waals surface area contributed by atoms with E-state index in [1.807, 2.05) is 31.2 Å². The molecule has 2 aliphatic rings. The van der Waals surface area contributed by atoms with Gasteiger partial charge in [-0.25, -0.2) is 0 Å². The highest BCUT2D eigenvalue weighted by Gasteiger charge is 2.42. The van der Waals surface area contributed by atoms with Crippen molar-refractivity contribution in [1.82, 2.24) is 9.80 Å². The molecule has 2 amide bonds. The summed E-state index contributed by atoms with van der Waals surface area (Å²) < 4.78 is 0. The second kappa shape index (κ2) is 11.5. The van der Waals surface area contributed by atoms with E-state index in [0.29, 0.717) is 37.2 Å². The number of aliphatic hydroxyl groups excluding tert-OH is 1. The van der Waals surface area contributed by atoms with Gasteiger partial charge in [-0.15, -0.1) is 0 Å². The third-order valence-corrected chi connectivity index (χ3v) is 6.80. The first-order valence-electron chi connectivity index (χ1n) is 12.5. The SMILES string of the molecule is C=N/C=C(\C=C/C)C(C(=O)N1CCC(O)C1)N(C(=O)C1CCCN1C#N)c1ccc(C(C)(C)C)cc1. The van der Waals surface area contributed by atoms with Crippen LogP contribution in [0.2, 0.25) is 0 Å². The van der Waals surface area contributed by atoms with Crippen LogP contribution in [-0.4, -0.2) is 71.3 Å². The van der Waals surface area contributed by atoms with E-state index in [2.05, 4.69) is 38.7 Å². The Labute approximate surface area is 214 Å². The molecule has 2 fully saturated rings. The molecule has 2 saturated heterocycles. The van der Waals surface area contributed by atoms with Crippen LogP contribution >= 0.6 is 0 Å². The minimum absolute atomic E-state index is 0.0832. The number of hydrogen-bond donors (Lipinski definition) is 1. The quantitative estimate of drug-likeness (QED) is 0.358. The Hall–Kier alpha value is -3.44. The smallest absolute Gasteiger partial charge is 0.251 e. The third-order valence-electron chi connectivity index (χ3n) is 6.80. The highest BCUT2D eigenvalue weighted by atomic mass is 16.3. The minimum atomic E-state index is -1.02. The number of carbonyl (C=O) groups is 2. The number of aliphatic hydroxyl groups is 1. The molecule has 192 valence electrons. The maximum Gasteiger partial charge on any atom is 0.251 e. The van der Waals surface area contributed by atoms with Crippen LogP contribution in [-0.2, 0) is 15.0 Å². The first-order valence-corrected chi connectivity index (χ1v) is 12.5. The lowest BCUT2D eigenvalue weighted by molar-refractivity contribution is -0.133. The minimum Gasteiger partial charge on any atom is -0.391 e. The second-order valence-corrected chi connectivity index (χ2v) is 10.4. The predicted octanol–water partition coefficient (Wildman–Crippen LogP) is 3.38. The molecule has 0 saturated carbocycles. The van der Waals surface area contributed by atoms with Crippen molar-refractivity contribution in [3.05, 3.63) is 53.8 Å². The summed E-state index contributed by atoms with van der Waals surface area (Å²) in [7, 11) is 0. The van der Waals surface area contributed by atoms with Crippen LogP contribution in [0.5, 0.6) is 0 Å². The monoisotopic (exact) mass is 491 g/mol. The number of benzene rings is 1. The van der Waals surface area contributed by atoms with Gasteiger partial charge in [0.2, 0.25) is 0 Å². The van der Waals surface area contributed by atoms with E-state index in [-0.39, 0.29) is 23.8 Å². The molecule has 0 bridgehead atoms. The Bertz CT molecular complexity index is 1060. The molecule has 0 spiro atoms. The molecule has 1 aromatic rings. The summed E-state index contributed by atoms with van der Waals surface area (Å²) in [6.07, 6.45) is 8.33. The summed E-state index contributed by atoms with van der Waals surface area (Å²) in [5.41, 5.74) is 2.09. The Morgan fingerprint density at radius 3 is 2.47 bits per heavy atom. The van der Waals surface area contributed by atoms with Gasteiger partial charge in [-0.3, -0.25) is 24.4 Å². The van der Waals surface area contributed by atoms with Crippen LogP contribution in [0.15, 0.2) is 53.2 Å². The molecule has 36 heavy (non-hydrogen) atoms. The van der Waals surface area contributed by atoms with Crippen molar-refractivity contribution in [2.24, 2.45) is 4.99 Å². The Morgan fingerprint density at radius 1 is 1.25 bits per heavy atom. The van der Waals surface area contributed by atoms with Crippen molar-refractivity contribution in [3.63, 3.8) is 0 Å². The van der Waals surface area contributed by atoms with E-state index >= 15 is 0 Å². The average Bonchev–Trinajstić information content (AvgIpc) is 3.50. The van der Waals surface area contributed by atoms with Crippen molar-refractivity contribution in [2.45, 2.75) is 70.6 Å². The molecular formula is C28H37N5O3. The Balaban J connectivity index is 2.18. The zero-order valence-electron chi connectivity index (χ0n) is 21.7. The number of aliphatic imine (C=N–C) groups is 1. The predicted molar refractivity (Wildman–Crippen MR) is 141 cm³/mol. The molecule has 0 aromatic heterocycles. The molecule has 3 unspecified atom stereocenters. The van der Waals surface area contributed by atoms with Crippen molar-refractivity contribution in [3.8, 4) is 6.19 Å². The van der Waals surface area contributed by atoms with Gasteiger partial charge < -0.3 is 10.0 Å². The molecule has 8 nitrogen and oxygen atoms in total. The molecule has 3 rings (SSSR count). The summed E-state index contributed by atoms with van der Waals surface area (Å²) in [4.78, 5) is 36.7. The van der Waals surface area contributed by atoms with E-state index in [4.69, 9.17) is 0 Å². The molecule has 8 heteroatoms. The fourth-order valence-electron chi connectivity index (χ4n) is 4.85. The van der Waals surface area contributed by atoms with Crippen LogP contribution in [0.4, 0.5) is 5.69 Å². The number of nitriles is 1. The van der Waals surface area contributed by atoms with Crippen molar-refractivity contribution in [2.75, 3.05) is 24.5 Å². The topological polar surface area (TPSA) is 100 Å². The number of carbonyl (C=O) groups excluding carboxylic acids is 2. The van der Waals surface area contributed by atoms with Gasteiger partial charge in [0.05, 0.1) is 6.10 Å². The second-order valence-electron chi connectivity index (χ2n) is 10.4. The highest BCUT2D eigenvalue weighted by molar-refractivity contribution is 6.05. The number of anilines is 1. The van der Waals surface area contributed by atoms with Gasteiger partial charge in [0.15, 0.2) is 6.19 Å². The maximum atomic E-state index is 14.2. The summed E-state index contributed by atoms with van der Waals surface area (Å²) in [5.74, 6) is -0.607. The lowest BCUT2D eigenvalue weighted by Crippen LogP contribution is -2.55. The van der Waals surface area contributed by atoms with Gasteiger partial charge in [0.25, 0.3) is 11.8 Å². The van der Waals surface area contributed by atoms with E-state index in [9.17, 15) is 20.0 Å². The number of rotatable bonds is 7. The number of likely N-dealkylation sites (tertiary alicyclic amines) is 2. The zero-order chi connectivity index (χ0) is 26.5. The van der Waals surface area contributed by atoms with Crippen LogP contribution in [0.1, 0.15) is 52.5 Å². The molecule has 1 aromatic carbocycles. The molecule has 1 N–H and O–H groups in total. The first-order chi connectivity index (χ1) is 17.1. The standard InChI is InChI=1S/C28H37N5O3/c1-6-8-20(17-30-5)25(27(36)31-16-14-23(34)18-31)33(26(35)24-9-7-15-32(24)19-29)22-12-10-21(11-13-22)28(2,3)4/h6,8,10-13,17,23-25,34H,5,7,9,14-16,18H2,1-4H3/b8-6-,20-17+. The van der Waals surface area contributed by atoms with Gasteiger partial charge in [-0.2, -0.15) is 5.26 Å². The normalized spacial score (nSPS) is 21.5. The molecular weight excluding hydrogens is 454 g/mol. The van der Waals surface area contributed by atoms with Gasteiger partial charge in [0, 0.05) is 37.1 Å². The number of β-amino-alcohol motifs (C(OH)–C–C–N with tert-alkyl or cyclic N) is 1. The summed E-state index contributed by atoms with van der Waals surface area (Å²) >= 11 is 0. The molecule has 2 heterocycles. The van der Waals surface area contributed by atoms with E-state index in [0.717, 1.165) is 12.0 Å². The van der Waals surface area contributed by atoms with Crippen LogP contribution in [0.3, 0.4) is 0 Å². The largest absolute Gasteiger partial charge is 0.391 e. The Kier molecular flexibility index (Phi) is 8.70. The lowest BCUT2D eigenvalue weighted by Gasteiger charge is -2.36. The molecule has 0 aliphatic carbocycles. The van der Waals surface area contributed by atoms with Crippen molar-refractivity contribution >= 4 is 24.2 Å². The number of nitrogens with zero attached hydrogens (tertiary/aromatic N) is 5. The summed E-state index contributed by atoms with van der Waals surface area (Å²) in [5, 5.41) is 19.8. The number of allylic oxidation sites excluding steroid dienone is 1. The summed E-state index contributed by atoms with van der Waals surface area (Å²) in [6, 6.07) is 5.98. The number of amides is 2. The fourth-order valence-corrected chi connectivity index (χ4v) is 4.85. The molecule has 0 radical (unpaired) electrons. The lowest BCUT2D eigenvalue weighted by atomic mass is 9.87. The van der Waals surface area contributed by atoms with E-state index < -0.39 is 18.2 Å². The fraction of sp³-hybridized carbons (Fsp3) is 0.500. The zero-order valence-corrected chi connectivity index (χ0v) is 21.7. The van der Waals surface area contributed by atoms with Gasteiger partial charge in [-0.1, -0.05) is 45.1 Å². The van der Waals surface area contributed by atoms with E-state index in [1.54, 1.807) is 17.1 Å². The van der Waals surface area contributed by atoms with Crippen molar-refractivity contribution < 1.29 is 14.7 Å². The highest BCUT2D eigenvalue weighted by Crippen LogP contribution is 2.31. The van der Waals surface area contributed by atoms with Gasteiger partial charge in [0.1, 0.15) is 12.1 Å². The maximum absolute atomic E-state index is 14.2. The van der Waals surface area contributed by atoms with Gasteiger partial charge >= 0.3 is 0 Å². The van der Waals surface area contributed by atoms with Crippen molar-refractivity contribution in [1.29, 1.82) is 5.26 Å². The van der Waals surface area contributed by atoms with Crippen LogP contribution in [0.25, 0.3) is 0 Å². The third kappa shape index (κ3) is 5.85. The van der Waals surface area contributed by atoms with Gasteiger partial charge in [-0.05, 0) is 56.0 Å². The van der Waals surface area contributed by atoms with Crippen LogP contribution in [0, 0.1) is 11.5 Å². The van der Waals surface area contributed by atoms with E-state index in [1.165, 1.54) is 16.0 Å². The molecule has 3 atom stereocenters. The number of hydrogen-bond acceptors (Lipinski definition) is 6.